The Morgan fingerprint density at radius 2 is 2.00 bits per heavy atom. The first-order chi connectivity index (χ1) is 7.31. The van der Waals surface area contributed by atoms with E-state index in [0.717, 1.165) is 5.56 Å². The third-order valence-corrected chi connectivity index (χ3v) is 2.44. The van der Waals surface area contributed by atoms with Crippen molar-refractivity contribution in [2.24, 2.45) is 0 Å². The average molecular weight is 222 g/mol. The second kappa shape index (κ2) is 4.41. The smallest absolute Gasteiger partial charge is 0.132 e. The van der Waals surface area contributed by atoms with Crippen molar-refractivity contribution < 1.29 is 4.39 Å². The van der Waals surface area contributed by atoms with E-state index in [0.29, 0.717) is 17.1 Å². The Hall–Kier alpha value is -1.41. The summed E-state index contributed by atoms with van der Waals surface area (Å²) in [6.07, 6.45) is 1.64. The maximum Gasteiger partial charge on any atom is 0.132 e. The van der Waals surface area contributed by atoms with Crippen molar-refractivity contribution in [2.75, 3.05) is 0 Å². The number of hydrogen-bond donors (Lipinski definition) is 0. The number of halogens is 2. The number of pyridine rings is 1. The Labute approximate surface area is 92.5 Å². The summed E-state index contributed by atoms with van der Waals surface area (Å²) in [5, 5.41) is 0. The van der Waals surface area contributed by atoms with E-state index < -0.39 is 0 Å². The van der Waals surface area contributed by atoms with Crippen LogP contribution in [-0.2, 0) is 5.88 Å². The Bertz CT molecular complexity index is 471. The molecule has 0 saturated heterocycles. The molecule has 2 rings (SSSR count). The number of alkyl halides is 1. The Balaban J connectivity index is 2.49. The third kappa shape index (κ3) is 2.16. The highest BCUT2D eigenvalue weighted by Gasteiger charge is 2.05. The average Bonchev–Trinajstić information content (AvgIpc) is 2.30. The van der Waals surface area contributed by atoms with Crippen LogP contribution in [0.4, 0.5) is 4.39 Å². The molecule has 76 valence electrons. The van der Waals surface area contributed by atoms with Crippen molar-refractivity contribution >= 4 is 11.6 Å². The zero-order chi connectivity index (χ0) is 10.7. The van der Waals surface area contributed by atoms with Crippen molar-refractivity contribution in [1.29, 1.82) is 0 Å². The third-order valence-electron chi connectivity index (χ3n) is 2.13. The van der Waals surface area contributed by atoms with Gasteiger partial charge in [-0.2, -0.15) is 0 Å². The highest BCUT2D eigenvalue weighted by Crippen LogP contribution is 2.21. The monoisotopic (exact) mass is 221 g/mol. The number of hydrogen-bond acceptors (Lipinski definition) is 1. The maximum atomic E-state index is 13.4. The topological polar surface area (TPSA) is 12.9 Å². The normalized spacial score (nSPS) is 10.3. The molecule has 0 atom stereocenters. The minimum Gasteiger partial charge on any atom is -0.256 e. The number of benzene rings is 1. The van der Waals surface area contributed by atoms with Crippen LogP contribution in [0, 0.1) is 5.82 Å². The molecule has 0 aliphatic rings. The van der Waals surface area contributed by atoms with Crippen LogP contribution in [0.3, 0.4) is 0 Å². The van der Waals surface area contributed by atoms with Crippen LogP contribution in [0.2, 0.25) is 0 Å². The Morgan fingerprint density at radius 3 is 2.73 bits per heavy atom. The van der Waals surface area contributed by atoms with Crippen LogP contribution in [0.5, 0.6) is 0 Å². The molecule has 2 aromatic rings. The fourth-order valence-electron chi connectivity index (χ4n) is 1.37. The van der Waals surface area contributed by atoms with Crippen molar-refractivity contribution in [3.8, 4) is 11.3 Å². The van der Waals surface area contributed by atoms with Gasteiger partial charge in [0.15, 0.2) is 0 Å². The molecule has 0 N–H and O–H groups in total. The Kier molecular flexibility index (Phi) is 2.97. The van der Waals surface area contributed by atoms with Gasteiger partial charge in [-0.05, 0) is 29.8 Å². The van der Waals surface area contributed by atoms with E-state index in [1.807, 2.05) is 6.07 Å². The molecule has 0 aliphatic heterocycles. The van der Waals surface area contributed by atoms with Gasteiger partial charge in [-0.15, -0.1) is 11.6 Å². The number of aromatic nitrogens is 1. The summed E-state index contributed by atoms with van der Waals surface area (Å²) in [6.45, 7) is 0. The fourth-order valence-corrected chi connectivity index (χ4v) is 1.54. The minimum absolute atomic E-state index is 0.267. The highest BCUT2D eigenvalue weighted by molar-refractivity contribution is 6.17. The van der Waals surface area contributed by atoms with Gasteiger partial charge in [-0.25, -0.2) is 4.39 Å². The lowest BCUT2D eigenvalue weighted by Gasteiger charge is -2.03. The molecule has 0 saturated carbocycles. The van der Waals surface area contributed by atoms with E-state index in [1.165, 1.54) is 6.07 Å². The first kappa shape index (κ1) is 10.1. The lowest BCUT2D eigenvalue weighted by atomic mass is 10.1. The first-order valence-electron chi connectivity index (χ1n) is 4.57. The van der Waals surface area contributed by atoms with Gasteiger partial charge in [0, 0.05) is 17.6 Å². The molecule has 0 radical (unpaired) electrons. The van der Waals surface area contributed by atoms with Gasteiger partial charge in [0.25, 0.3) is 0 Å². The van der Waals surface area contributed by atoms with E-state index >= 15 is 0 Å². The van der Waals surface area contributed by atoms with Gasteiger partial charge >= 0.3 is 0 Å². The first-order valence-corrected chi connectivity index (χ1v) is 5.10. The summed E-state index contributed by atoms with van der Waals surface area (Å²) < 4.78 is 13.4. The molecule has 1 heterocycles. The molecule has 1 nitrogen and oxygen atoms in total. The maximum absolute atomic E-state index is 13.4. The lowest BCUT2D eigenvalue weighted by Crippen LogP contribution is -1.89. The van der Waals surface area contributed by atoms with E-state index in [-0.39, 0.29) is 5.82 Å². The number of nitrogens with zero attached hydrogens (tertiary/aromatic N) is 1. The molecule has 3 heteroatoms. The second-order valence-corrected chi connectivity index (χ2v) is 3.43. The fraction of sp³-hybridized carbons (Fsp3) is 0.0833. The number of rotatable bonds is 2. The van der Waals surface area contributed by atoms with Gasteiger partial charge in [0.2, 0.25) is 0 Å². The molecular weight excluding hydrogens is 213 g/mol. The van der Waals surface area contributed by atoms with E-state index in [1.54, 1.807) is 30.5 Å². The summed E-state index contributed by atoms with van der Waals surface area (Å²) >= 11 is 5.70. The van der Waals surface area contributed by atoms with Crippen LogP contribution in [-0.4, -0.2) is 4.98 Å². The summed E-state index contributed by atoms with van der Waals surface area (Å²) in [7, 11) is 0. The summed E-state index contributed by atoms with van der Waals surface area (Å²) in [5.74, 6) is 0.140. The van der Waals surface area contributed by atoms with E-state index in [2.05, 4.69) is 4.98 Å². The summed E-state index contributed by atoms with van der Waals surface area (Å²) in [5.41, 5.74) is 2.06. The van der Waals surface area contributed by atoms with Crippen molar-refractivity contribution in [1.82, 2.24) is 4.98 Å². The van der Waals surface area contributed by atoms with Crippen LogP contribution in [0.1, 0.15) is 5.56 Å². The van der Waals surface area contributed by atoms with Gasteiger partial charge < -0.3 is 0 Å². The molecule has 0 amide bonds. The minimum atomic E-state index is -0.267. The zero-order valence-electron chi connectivity index (χ0n) is 7.95. The largest absolute Gasteiger partial charge is 0.256 e. The van der Waals surface area contributed by atoms with Crippen LogP contribution in [0.25, 0.3) is 11.3 Å². The lowest BCUT2D eigenvalue weighted by molar-refractivity contribution is 0.630. The van der Waals surface area contributed by atoms with Gasteiger partial charge in [0.1, 0.15) is 5.82 Å². The second-order valence-electron chi connectivity index (χ2n) is 3.16. The van der Waals surface area contributed by atoms with Gasteiger partial charge in [-0.3, -0.25) is 4.98 Å². The molecule has 1 aromatic carbocycles. The SMILES string of the molecule is Fc1ccccc1-c1cc(CCl)ccn1. The Morgan fingerprint density at radius 1 is 1.20 bits per heavy atom. The molecule has 0 unspecified atom stereocenters. The molecule has 1 aromatic heterocycles. The molecule has 0 bridgehead atoms. The molecule has 15 heavy (non-hydrogen) atoms. The summed E-state index contributed by atoms with van der Waals surface area (Å²) in [6, 6.07) is 10.2. The van der Waals surface area contributed by atoms with Crippen molar-refractivity contribution in [3.63, 3.8) is 0 Å². The zero-order valence-corrected chi connectivity index (χ0v) is 8.71. The van der Waals surface area contributed by atoms with Crippen LogP contribution in [0.15, 0.2) is 42.6 Å². The van der Waals surface area contributed by atoms with Crippen LogP contribution < -0.4 is 0 Å². The van der Waals surface area contributed by atoms with E-state index in [9.17, 15) is 4.39 Å². The van der Waals surface area contributed by atoms with Gasteiger partial charge in [-0.1, -0.05) is 12.1 Å². The molecule has 0 aliphatic carbocycles. The van der Waals surface area contributed by atoms with Crippen molar-refractivity contribution in [3.05, 3.63) is 54.0 Å². The van der Waals surface area contributed by atoms with Gasteiger partial charge in [0.05, 0.1) is 5.69 Å². The quantitative estimate of drug-likeness (QED) is 0.706. The standard InChI is InChI=1S/C12H9ClFN/c13-8-9-5-6-15-12(7-9)10-3-1-2-4-11(10)14/h1-7H,8H2. The molecule has 0 spiro atoms. The van der Waals surface area contributed by atoms with Crippen LogP contribution >= 0.6 is 11.6 Å². The van der Waals surface area contributed by atoms with Crippen molar-refractivity contribution in [2.45, 2.75) is 5.88 Å². The predicted molar refractivity (Wildman–Crippen MR) is 59.2 cm³/mol. The highest BCUT2D eigenvalue weighted by atomic mass is 35.5. The predicted octanol–water partition coefficient (Wildman–Crippen LogP) is 3.63. The molecular formula is C12H9ClFN. The molecule has 0 fully saturated rings. The van der Waals surface area contributed by atoms with E-state index in [4.69, 9.17) is 11.6 Å². The summed E-state index contributed by atoms with van der Waals surface area (Å²) in [4.78, 5) is 4.12.